The van der Waals surface area contributed by atoms with Crippen LogP contribution >= 0.6 is 11.6 Å². The van der Waals surface area contributed by atoms with E-state index in [2.05, 4.69) is 24.3 Å². The molecular weight excluding hydrogens is 545 g/mol. The Bertz CT molecular complexity index is 1530. The highest BCUT2D eigenvalue weighted by Crippen LogP contribution is 2.50. The molecule has 1 fully saturated rings. The van der Waals surface area contributed by atoms with Crippen LogP contribution in [0.5, 0.6) is 0 Å². The molecule has 3 aromatic carbocycles. The van der Waals surface area contributed by atoms with Crippen LogP contribution < -0.4 is 0 Å². The van der Waals surface area contributed by atoms with Crippen molar-refractivity contribution in [2.24, 2.45) is 11.8 Å². The quantitative estimate of drug-likeness (QED) is 0.284. The Morgan fingerprint density at radius 2 is 1.80 bits per heavy atom. The van der Waals surface area contributed by atoms with Crippen molar-refractivity contribution in [2.45, 2.75) is 51.6 Å². The van der Waals surface area contributed by atoms with E-state index in [-0.39, 0.29) is 22.9 Å². The van der Waals surface area contributed by atoms with E-state index in [1.807, 2.05) is 37.3 Å². The molecule has 41 heavy (non-hydrogen) atoms. The molecule has 2 atom stereocenters. The molecule has 0 radical (unpaired) electrons. The Hall–Kier alpha value is -3.57. The van der Waals surface area contributed by atoms with E-state index in [9.17, 15) is 18.0 Å². The number of hydrogen-bond acceptors (Lipinski definition) is 1. The number of hydrogen-bond donors (Lipinski definition) is 1. The number of allylic oxidation sites excluding steroid dienone is 3. The third-order valence-corrected chi connectivity index (χ3v) is 8.50. The Balaban J connectivity index is 1.77. The predicted octanol–water partition coefficient (Wildman–Crippen LogP) is 10.2. The summed E-state index contributed by atoms with van der Waals surface area (Å²) in [5.41, 5.74) is 6.05. The van der Waals surface area contributed by atoms with Crippen molar-refractivity contribution in [3.63, 3.8) is 0 Å². The van der Waals surface area contributed by atoms with Crippen LogP contribution in [0.1, 0.15) is 72.4 Å². The van der Waals surface area contributed by atoms with Gasteiger partial charge in [0.1, 0.15) is 0 Å². The largest absolute Gasteiger partial charge is 0.481 e. The molecule has 2 aliphatic carbocycles. The fourth-order valence-corrected chi connectivity index (χ4v) is 6.63. The van der Waals surface area contributed by atoms with E-state index >= 15 is 0 Å². The van der Waals surface area contributed by atoms with Crippen molar-refractivity contribution < 1.29 is 23.1 Å². The van der Waals surface area contributed by atoms with Crippen molar-refractivity contribution in [3.8, 4) is 0 Å². The van der Waals surface area contributed by atoms with Gasteiger partial charge in [-0.2, -0.15) is 13.2 Å². The number of halogens is 4. The van der Waals surface area contributed by atoms with Crippen molar-refractivity contribution in [1.82, 2.24) is 0 Å². The molecule has 0 saturated heterocycles. The first-order valence-electron chi connectivity index (χ1n) is 14.0. The summed E-state index contributed by atoms with van der Waals surface area (Å²) in [7, 11) is 0. The first-order chi connectivity index (χ1) is 19.7. The number of carbonyl (C=O) groups is 1. The molecule has 0 aliphatic heterocycles. The summed E-state index contributed by atoms with van der Waals surface area (Å²) in [4.78, 5) is 10.9. The minimum Gasteiger partial charge on any atom is -0.481 e. The SMILES string of the molecule is CC/C(=C(\C1=Cc2ccccc2CC2CCCC12)c1ccc(/C=C/CC(=O)O)cc1)c1ccc(Cl)cc1C(F)(F)F. The van der Waals surface area contributed by atoms with Crippen LogP contribution in [0.4, 0.5) is 13.2 Å². The smallest absolute Gasteiger partial charge is 0.417 e. The molecule has 6 heteroatoms. The van der Waals surface area contributed by atoms with Gasteiger partial charge in [0, 0.05) is 5.02 Å². The molecule has 2 aliphatic rings. The van der Waals surface area contributed by atoms with Crippen LogP contribution in [-0.2, 0) is 17.4 Å². The highest BCUT2D eigenvalue weighted by Gasteiger charge is 2.38. The molecule has 3 aromatic rings. The van der Waals surface area contributed by atoms with E-state index in [1.54, 1.807) is 12.2 Å². The van der Waals surface area contributed by atoms with E-state index in [1.165, 1.54) is 17.7 Å². The Morgan fingerprint density at radius 1 is 1.05 bits per heavy atom. The van der Waals surface area contributed by atoms with Gasteiger partial charge in [-0.15, -0.1) is 0 Å². The second kappa shape index (κ2) is 12.1. The fraction of sp³-hybridized carbons (Fsp3) is 0.286. The first-order valence-corrected chi connectivity index (χ1v) is 14.4. The monoisotopic (exact) mass is 576 g/mol. The highest BCUT2D eigenvalue weighted by molar-refractivity contribution is 6.30. The maximum Gasteiger partial charge on any atom is 0.417 e. The van der Waals surface area contributed by atoms with E-state index < -0.39 is 17.7 Å². The third-order valence-electron chi connectivity index (χ3n) is 8.27. The number of carboxylic acids is 1. The number of fused-ring (bicyclic) bond motifs is 2. The van der Waals surface area contributed by atoms with E-state index in [0.29, 0.717) is 17.9 Å². The van der Waals surface area contributed by atoms with Gasteiger partial charge in [-0.1, -0.05) is 97.8 Å². The first kappa shape index (κ1) is 28.9. The van der Waals surface area contributed by atoms with Gasteiger partial charge in [-0.25, -0.2) is 0 Å². The standard InChI is InChI=1S/C35H32ClF3O2/c1-2-28(30-18-17-27(36)21-32(30)35(37,38)39)34(23-15-13-22(14-16-23)7-5-12-33(40)41)31-20-25-9-4-3-8-24(25)19-26-10-6-11-29(26)31/h3-5,7-9,13-18,20-21,26,29H,2,6,10-12,19H2,1H3,(H,40,41)/b7-5+,34-28+. The maximum atomic E-state index is 14.4. The summed E-state index contributed by atoms with van der Waals surface area (Å²) in [6, 6.07) is 20.0. The Morgan fingerprint density at radius 3 is 2.51 bits per heavy atom. The predicted molar refractivity (Wildman–Crippen MR) is 160 cm³/mol. The average molecular weight is 577 g/mol. The van der Waals surface area contributed by atoms with Crippen LogP contribution in [-0.4, -0.2) is 11.1 Å². The van der Waals surface area contributed by atoms with Crippen molar-refractivity contribution in [2.75, 3.05) is 0 Å². The lowest BCUT2D eigenvalue weighted by Gasteiger charge is -2.27. The topological polar surface area (TPSA) is 37.3 Å². The normalized spacial score (nSPS) is 19.3. The van der Waals surface area contributed by atoms with Crippen molar-refractivity contribution in [3.05, 3.63) is 117 Å². The van der Waals surface area contributed by atoms with Gasteiger partial charge < -0.3 is 5.11 Å². The summed E-state index contributed by atoms with van der Waals surface area (Å²) in [5.74, 6) is -0.259. The summed E-state index contributed by atoms with van der Waals surface area (Å²) < 4.78 is 43.2. The molecule has 0 spiro atoms. The molecule has 2 nitrogen and oxygen atoms in total. The number of alkyl halides is 3. The molecule has 1 N–H and O–H groups in total. The zero-order valence-electron chi connectivity index (χ0n) is 22.8. The highest BCUT2D eigenvalue weighted by atomic mass is 35.5. The summed E-state index contributed by atoms with van der Waals surface area (Å²) in [6.07, 6.45) is 5.42. The molecule has 5 rings (SSSR count). The lowest BCUT2D eigenvalue weighted by molar-refractivity contribution is -0.138. The molecule has 0 aromatic heterocycles. The minimum absolute atomic E-state index is 0.0500. The summed E-state index contributed by atoms with van der Waals surface area (Å²) >= 11 is 6.07. The lowest BCUT2D eigenvalue weighted by Crippen LogP contribution is -2.14. The third kappa shape index (κ3) is 6.36. The van der Waals surface area contributed by atoms with Gasteiger partial charge in [-0.05, 0) is 94.2 Å². The number of carboxylic acid groups (broad SMARTS) is 1. The van der Waals surface area contributed by atoms with Gasteiger partial charge in [0.2, 0.25) is 0 Å². The van der Waals surface area contributed by atoms with Gasteiger partial charge >= 0.3 is 12.1 Å². The van der Waals surface area contributed by atoms with Crippen LogP contribution in [0.25, 0.3) is 23.3 Å². The number of benzene rings is 3. The summed E-state index contributed by atoms with van der Waals surface area (Å²) in [6.45, 7) is 1.91. The molecule has 212 valence electrons. The van der Waals surface area contributed by atoms with Crippen LogP contribution in [0.15, 0.2) is 78.4 Å². The van der Waals surface area contributed by atoms with Crippen LogP contribution in [0, 0.1) is 11.8 Å². The van der Waals surface area contributed by atoms with Gasteiger partial charge in [0.25, 0.3) is 0 Å². The van der Waals surface area contributed by atoms with Crippen LogP contribution in [0.3, 0.4) is 0 Å². The molecule has 0 heterocycles. The van der Waals surface area contributed by atoms with Gasteiger partial charge in [0.15, 0.2) is 0 Å². The van der Waals surface area contributed by atoms with Gasteiger partial charge in [-0.3, -0.25) is 4.79 Å². The molecule has 2 unspecified atom stereocenters. The number of aliphatic carboxylic acids is 1. The second-order valence-electron chi connectivity index (χ2n) is 10.8. The zero-order chi connectivity index (χ0) is 29.1. The maximum absolute atomic E-state index is 14.4. The molecular formula is C35H32ClF3O2. The van der Waals surface area contributed by atoms with Gasteiger partial charge in [0.05, 0.1) is 12.0 Å². The summed E-state index contributed by atoms with van der Waals surface area (Å²) in [5, 5.41) is 9.01. The molecule has 1 saturated carbocycles. The molecule has 0 bridgehead atoms. The van der Waals surface area contributed by atoms with E-state index in [0.717, 1.165) is 59.6 Å². The van der Waals surface area contributed by atoms with Crippen molar-refractivity contribution in [1.29, 1.82) is 0 Å². The fourth-order valence-electron chi connectivity index (χ4n) is 6.45. The minimum atomic E-state index is -4.56. The Labute approximate surface area is 243 Å². The second-order valence-corrected chi connectivity index (χ2v) is 11.3. The van der Waals surface area contributed by atoms with E-state index in [4.69, 9.17) is 16.7 Å². The zero-order valence-corrected chi connectivity index (χ0v) is 23.6. The lowest BCUT2D eigenvalue weighted by atomic mass is 9.77. The average Bonchev–Trinajstić information content (AvgIpc) is 3.33. The van der Waals surface area contributed by atoms with Crippen LogP contribution in [0.2, 0.25) is 5.02 Å². The Kier molecular flexibility index (Phi) is 8.55. The van der Waals surface area contributed by atoms with Crippen molar-refractivity contribution >= 4 is 40.9 Å². The molecule has 0 amide bonds. The number of rotatable bonds is 7.